The fraction of sp³-hybridized carbons (Fsp3) is 0.944. The maximum Gasteiger partial charge on any atom is 0.228 e. The molecule has 2 nitrogen and oxygen atoms in total. The van der Waals surface area contributed by atoms with Gasteiger partial charge in [0.1, 0.15) is 0 Å². The minimum Gasteiger partial charge on any atom is -0.352 e. The molecule has 0 bridgehead atoms. The standard InChI is InChI=1S/C18H27NO/c20-17-18-10-9-13-12-4-2-1-3-11(12)5-6-14(13)15(18)7-8-16(18)19-17/h11-16H,1-10H2,(H,19,20)/t11?,12-,13+,14+,15-,16?,18+/m0/s1. The van der Waals surface area contributed by atoms with E-state index in [2.05, 4.69) is 5.32 Å². The zero-order chi connectivity index (χ0) is 13.3. The molecule has 7 atom stereocenters. The van der Waals surface area contributed by atoms with E-state index in [9.17, 15) is 4.79 Å². The molecule has 4 saturated carbocycles. The first kappa shape index (κ1) is 12.1. The smallest absolute Gasteiger partial charge is 0.228 e. The molecule has 0 aromatic carbocycles. The second-order valence-electron chi connectivity index (χ2n) is 8.40. The summed E-state index contributed by atoms with van der Waals surface area (Å²) in [5.74, 6) is 5.14. The molecule has 0 radical (unpaired) electrons. The summed E-state index contributed by atoms with van der Waals surface area (Å²) in [6.45, 7) is 0. The lowest BCUT2D eigenvalue weighted by Crippen LogP contribution is -2.69. The SMILES string of the molecule is O=C1NC2CC[C@H]3[C@@H]4CCC5CCCC[C@@H]5[C@H]4CC[C@]123. The van der Waals surface area contributed by atoms with Gasteiger partial charge >= 0.3 is 0 Å². The number of nitrogens with one attached hydrogen (secondary N) is 1. The number of hydrogen-bond acceptors (Lipinski definition) is 1. The number of rotatable bonds is 0. The van der Waals surface area contributed by atoms with Crippen molar-refractivity contribution in [3.63, 3.8) is 0 Å². The van der Waals surface area contributed by atoms with Crippen molar-refractivity contribution in [2.75, 3.05) is 0 Å². The number of fused-ring (bicyclic) bond motifs is 4. The second kappa shape index (κ2) is 4.01. The highest BCUT2D eigenvalue weighted by atomic mass is 16.2. The number of hydrogen-bond donors (Lipinski definition) is 1. The summed E-state index contributed by atoms with van der Waals surface area (Å²) in [6.07, 6.45) is 14.1. The lowest BCUT2D eigenvalue weighted by Gasteiger charge is -2.58. The minimum absolute atomic E-state index is 0.114. The topological polar surface area (TPSA) is 29.1 Å². The molecule has 1 N–H and O–H groups in total. The Morgan fingerprint density at radius 2 is 1.75 bits per heavy atom. The first-order valence-electron chi connectivity index (χ1n) is 9.11. The fourth-order valence-electron chi connectivity index (χ4n) is 7.36. The quantitative estimate of drug-likeness (QED) is 0.672. The Morgan fingerprint density at radius 1 is 0.850 bits per heavy atom. The summed E-state index contributed by atoms with van der Waals surface area (Å²) >= 11 is 0. The maximum atomic E-state index is 12.3. The van der Waals surface area contributed by atoms with Crippen molar-refractivity contribution in [1.29, 1.82) is 0 Å². The van der Waals surface area contributed by atoms with Crippen LogP contribution in [0.15, 0.2) is 0 Å². The van der Waals surface area contributed by atoms with Gasteiger partial charge in [-0.15, -0.1) is 0 Å². The van der Waals surface area contributed by atoms with Crippen LogP contribution in [0.2, 0.25) is 0 Å². The van der Waals surface area contributed by atoms with Crippen LogP contribution in [0.3, 0.4) is 0 Å². The monoisotopic (exact) mass is 273 g/mol. The first-order valence-corrected chi connectivity index (χ1v) is 9.11. The number of β-lactam (4-membered cyclic amide) rings is 1. The van der Waals surface area contributed by atoms with Crippen LogP contribution in [0.5, 0.6) is 0 Å². The van der Waals surface area contributed by atoms with Gasteiger partial charge in [-0.2, -0.15) is 0 Å². The van der Waals surface area contributed by atoms with Crippen LogP contribution in [-0.2, 0) is 4.79 Å². The van der Waals surface area contributed by atoms with Crippen molar-refractivity contribution in [1.82, 2.24) is 5.32 Å². The van der Waals surface area contributed by atoms with Crippen LogP contribution < -0.4 is 5.32 Å². The van der Waals surface area contributed by atoms with Crippen LogP contribution in [0.25, 0.3) is 0 Å². The van der Waals surface area contributed by atoms with Gasteiger partial charge in [0.05, 0.1) is 5.41 Å². The second-order valence-corrected chi connectivity index (χ2v) is 8.40. The first-order chi connectivity index (χ1) is 9.80. The Labute approximate surface area is 122 Å². The Bertz CT molecular complexity index is 447. The van der Waals surface area contributed by atoms with Crippen LogP contribution in [0.4, 0.5) is 0 Å². The summed E-state index contributed by atoms with van der Waals surface area (Å²) in [5.41, 5.74) is 0.114. The normalized spacial score (nSPS) is 56.7. The molecule has 2 heteroatoms. The molecule has 1 aliphatic heterocycles. The molecular weight excluding hydrogens is 246 g/mol. The summed E-state index contributed by atoms with van der Waals surface area (Å²) in [4.78, 5) is 12.3. The van der Waals surface area contributed by atoms with E-state index >= 15 is 0 Å². The largest absolute Gasteiger partial charge is 0.352 e. The van der Waals surface area contributed by atoms with Gasteiger partial charge in [0, 0.05) is 6.04 Å². The van der Waals surface area contributed by atoms with Crippen molar-refractivity contribution < 1.29 is 4.79 Å². The van der Waals surface area contributed by atoms with E-state index in [0.29, 0.717) is 11.9 Å². The molecule has 4 aliphatic carbocycles. The number of amides is 1. The molecule has 2 unspecified atom stereocenters. The number of carbonyl (C=O) groups is 1. The van der Waals surface area contributed by atoms with Crippen LogP contribution in [0, 0.1) is 35.0 Å². The Morgan fingerprint density at radius 3 is 2.65 bits per heavy atom. The van der Waals surface area contributed by atoms with Gasteiger partial charge in [-0.25, -0.2) is 0 Å². The van der Waals surface area contributed by atoms with Gasteiger partial charge in [-0.05, 0) is 74.5 Å². The number of carbonyl (C=O) groups excluding carboxylic acids is 1. The van der Waals surface area contributed by atoms with Gasteiger partial charge in [0.15, 0.2) is 0 Å². The molecule has 5 fully saturated rings. The average molecular weight is 273 g/mol. The maximum absolute atomic E-state index is 12.3. The van der Waals surface area contributed by atoms with Gasteiger partial charge in [0.2, 0.25) is 5.91 Å². The highest BCUT2D eigenvalue weighted by Crippen LogP contribution is 2.64. The molecule has 0 aromatic heterocycles. The highest BCUT2D eigenvalue weighted by Gasteiger charge is 2.67. The molecule has 1 spiro atoms. The van der Waals surface area contributed by atoms with E-state index in [1.807, 2.05) is 0 Å². The summed E-state index contributed by atoms with van der Waals surface area (Å²) < 4.78 is 0. The van der Waals surface area contributed by atoms with Crippen molar-refractivity contribution in [3.05, 3.63) is 0 Å². The van der Waals surface area contributed by atoms with Crippen LogP contribution in [-0.4, -0.2) is 11.9 Å². The molecule has 1 amide bonds. The molecule has 5 aliphatic rings. The van der Waals surface area contributed by atoms with E-state index in [1.165, 1.54) is 64.2 Å². The zero-order valence-electron chi connectivity index (χ0n) is 12.4. The van der Waals surface area contributed by atoms with E-state index in [1.54, 1.807) is 0 Å². The Kier molecular flexibility index (Phi) is 2.42. The van der Waals surface area contributed by atoms with Crippen molar-refractivity contribution >= 4 is 5.91 Å². The molecule has 5 rings (SSSR count). The van der Waals surface area contributed by atoms with Crippen molar-refractivity contribution in [2.24, 2.45) is 35.0 Å². The molecule has 1 saturated heterocycles. The molecule has 20 heavy (non-hydrogen) atoms. The van der Waals surface area contributed by atoms with Gasteiger partial charge in [0.25, 0.3) is 0 Å². The third kappa shape index (κ3) is 1.30. The van der Waals surface area contributed by atoms with E-state index in [-0.39, 0.29) is 5.41 Å². The molecule has 1 heterocycles. The predicted octanol–water partition coefficient (Wildman–Crippen LogP) is 3.51. The van der Waals surface area contributed by atoms with Crippen LogP contribution in [0.1, 0.15) is 64.2 Å². The van der Waals surface area contributed by atoms with Gasteiger partial charge < -0.3 is 5.32 Å². The fourth-order valence-corrected chi connectivity index (χ4v) is 7.36. The Hall–Kier alpha value is -0.530. The Balaban J connectivity index is 1.46. The summed E-state index contributed by atoms with van der Waals surface area (Å²) in [6, 6.07) is 0.560. The zero-order valence-corrected chi connectivity index (χ0v) is 12.4. The van der Waals surface area contributed by atoms with Crippen molar-refractivity contribution in [3.8, 4) is 0 Å². The summed E-state index contributed by atoms with van der Waals surface area (Å²) in [7, 11) is 0. The van der Waals surface area contributed by atoms with E-state index in [0.717, 1.165) is 29.6 Å². The molecular formula is C18H27NO. The molecule has 0 aromatic rings. The van der Waals surface area contributed by atoms with Gasteiger partial charge in [-0.1, -0.05) is 19.3 Å². The lowest BCUT2D eigenvalue weighted by molar-refractivity contribution is -0.160. The van der Waals surface area contributed by atoms with Crippen molar-refractivity contribution in [2.45, 2.75) is 70.3 Å². The van der Waals surface area contributed by atoms with E-state index in [4.69, 9.17) is 0 Å². The average Bonchev–Trinajstić information content (AvgIpc) is 2.80. The summed E-state index contributed by atoms with van der Waals surface area (Å²) in [5, 5.41) is 3.21. The third-order valence-corrected chi connectivity index (χ3v) is 8.12. The highest BCUT2D eigenvalue weighted by molar-refractivity contribution is 5.91. The van der Waals surface area contributed by atoms with E-state index < -0.39 is 0 Å². The molecule has 110 valence electrons. The minimum atomic E-state index is 0.114. The third-order valence-electron chi connectivity index (χ3n) is 8.12. The lowest BCUT2D eigenvalue weighted by atomic mass is 9.48. The predicted molar refractivity (Wildman–Crippen MR) is 78.0 cm³/mol. The van der Waals surface area contributed by atoms with Crippen LogP contribution >= 0.6 is 0 Å². The van der Waals surface area contributed by atoms with Gasteiger partial charge in [-0.3, -0.25) is 4.79 Å².